The molecule has 118 valence electrons. The fourth-order valence-electron chi connectivity index (χ4n) is 1.34. The number of amides is 1. The maximum atomic E-state index is 12.0. The summed E-state index contributed by atoms with van der Waals surface area (Å²) in [7, 11) is -3.17. The number of ether oxygens (including phenoxy) is 1. The molecule has 0 aliphatic carbocycles. The van der Waals surface area contributed by atoms with Gasteiger partial charge in [0.15, 0.2) is 0 Å². The average Bonchev–Trinajstić information content (AvgIpc) is 2.67. The van der Waals surface area contributed by atoms with Gasteiger partial charge in [-0.1, -0.05) is 0 Å². The zero-order chi connectivity index (χ0) is 16.4. The number of rotatable bonds is 5. The van der Waals surface area contributed by atoms with Crippen LogP contribution in [0.4, 0.5) is 9.80 Å². The number of aryl methyl sites for hydroxylation is 1. The summed E-state index contributed by atoms with van der Waals surface area (Å²) in [5, 5.41) is 8.98. The predicted octanol–water partition coefficient (Wildman–Crippen LogP) is 0.965. The monoisotopic (exact) mass is 337 g/mol. The topological polar surface area (TPSA) is 126 Å². The minimum absolute atomic E-state index is 0.107. The fourth-order valence-corrected chi connectivity index (χ4v) is 3.20. The number of carboxylic acid groups (broad SMARTS) is 1. The first kappa shape index (κ1) is 17.2. The molecule has 0 aliphatic rings. The summed E-state index contributed by atoms with van der Waals surface area (Å²) in [6.45, 7) is 4.57. The number of carboxylic acids is 1. The van der Waals surface area contributed by atoms with Crippen molar-refractivity contribution in [2.24, 2.45) is 0 Å². The van der Waals surface area contributed by atoms with Gasteiger partial charge in [-0.05, 0) is 32.3 Å². The van der Waals surface area contributed by atoms with Gasteiger partial charge >= 0.3 is 22.3 Å². The lowest BCUT2D eigenvalue weighted by Crippen LogP contribution is -2.42. The second-order valence-electron chi connectivity index (χ2n) is 4.28. The van der Waals surface area contributed by atoms with Crippen LogP contribution in [0.25, 0.3) is 0 Å². The van der Waals surface area contributed by atoms with Gasteiger partial charge in [-0.25, -0.2) is 18.6 Å². The van der Waals surface area contributed by atoms with Gasteiger partial charge in [0.2, 0.25) is 0 Å². The van der Waals surface area contributed by atoms with E-state index in [1.165, 1.54) is 6.92 Å². The van der Waals surface area contributed by atoms with Gasteiger partial charge in [0.1, 0.15) is 10.6 Å². The first-order valence-electron chi connectivity index (χ1n) is 5.73. The highest BCUT2D eigenvalue weighted by Gasteiger charge is 2.29. The maximum absolute atomic E-state index is 12.0. The van der Waals surface area contributed by atoms with Crippen LogP contribution in [0, 0.1) is 6.92 Å². The van der Waals surface area contributed by atoms with Crippen molar-refractivity contribution in [2.75, 3.05) is 11.4 Å². The van der Waals surface area contributed by atoms with Gasteiger partial charge in [-0.3, -0.25) is 0 Å². The number of carbonyl (C=O) groups is 2. The van der Waals surface area contributed by atoms with Crippen molar-refractivity contribution in [1.82, 2.24) is 9.10 Å². The number of hydrogen-bond acceptors (Lipinski definition) is 7. The third-order valence-corrected chi connectivity index (χ3v) is 4.72. The molecule has 11 heteroatoms. The Morgan fingerprint density at radius 2 is 2.00 bits per heavy atom. The first-order chi connectivity index (χ1) is 9.56. The number of carbonyl (C=O) groups excluding carboxylic acids is 1. The number of nitrogens with one attached hydrogen (secondary N) is 1. The average molecular weight is 337 g/mol. The molecule has 1 amide bonds. The lowest BCUT2D eigenvalue weighted by Gasteiger charge is -2.18. The molecule has 21 heavy (non-hydrogen) atoms. The fraction of sp³-hybridized carbons (Fsp3) is 0.500. The molecule has 0 bridgehead atoms. The summed E-state index contributed by atoms with van der Waals surface area (Å²) in [5.41, 5.74) is -0.0422. The SMILES string of the molecule is Cc1nsc(N(C)S(=O)(=O)NC(=O)OC(C)C)c1C(=O)O. The predicted molar refractivity (Wildman–Crippen MR) is 75.9 cm³/mol. The highest BCUT2D eigenvalue weighted by atomic mass is 32.2. The summed E-state index contributed by atoms with van der Waals surface area (Å²) < 4.78 is 34.8. The molecule has 0 fully saturated rings. The number of aromatic carboxylic acids is 1. The molecule has 0 aliphatic heterocycles. The van der Waals surface area contributed by atoms with Crippen molar-refractivity contribution >= 4 is 38.8 Å². The van der Waals surface area contributed by atoms with E-state index in [0.29, 0.717) is 15.8 Å². The van der Waals surface area contributed by atoms with E-state index in [0.717, 1.165) is 7.05 Å². The Balaban J connectivity index is 3.05. The van der Waals surface area contributed by atoms with E-state index in [1.807, 2.05) is 0 Å². The Kier molecular flexibility index (Phi) is 5.12. The van der Waals surface area contributed by atoms with Gasteiger partial charge < -0.3 is 9.84 Å². The Bertz CT molecular complexity index is 652. The Labute approximate surface area is 125 Å². The largest absolute Gasteiger partial charge is 0.478 e. The summed E-state index contributed by atoms with van der Waals surface area (Å²) >= 11 is 0.704. The maximum Gasteiger partial charge on any atom is 0.422 e. The second-order valence-corrected chi connectivity index (χ2v) is 6.74. The molecule has 2 N–H and O–H groups in total. The molecule has 1 rings (SSSR count). The summed E-state index contributed by atoms with van der Waals surface area (Å²) in [6, 6.07) is 0. The van der Waals surface area contributed by atoms with Crippen LogP contribution in [0.15, 0.2) is 0 Å². The van der Waals surface area contributed by atoms with E-state index in [4.69, 9.17) is 5.11 Å². The lowest BCUT2D eigenvalue weighted by atomic mass is 10.2. The number of hydrogen-bond donors (Lipinski definition) is 2. The smallest absolute Gasteiger partial charge is 0.422 e. The lowest BCUT2D eigenvalue weighted by molar-refractivity contribution is 0.0697. The summed E-state index contributed by atoms with van der Waals surface area (Å²) in [4.78, 5) is 22.5. The summed E-state index contributed by atoms with van der Waals surface area (Å²) in [6.07, 6.45) is -1.64. The van der Waals surface area contributed by atoms with Crippen LogP contribution in [-0.2, 0) is 14.9 Å². The van der Waals surface area contributed by atoms with E-state index >= 15 is 0 Å². The van der Waals surface area contributed by atoms with Gasteiger partial charge in [0.05, 0.1) is 11.8 Å². The highest BCUT2D eigenvalue weighted by molar-refractivity contribution is 7.91. The van der Waals surface area contributed by atoms with Crippen LogP contribution in [-0.4, -0.2) is 43.1 Å². The minimum Gasteiger partial charge on any atom is -0.478 e. The van der Waals surface area contributed by atoms with Crippen molar-refractivity contribution in [2.45, 2.75) is 26.9 Å². The molecule has 0 saturated carbocycles. The molecular formula is C10H15N3O6S2. The third kappa shape index (κ3) is 4.04. The van der Waals surface area contributed by atoms with Crippen molar-refractivity contribution in [3.05, 3.63) is 11.3 Å². The van der Waals surface area contributed by atoms with E-state index < -0.39 is 28.4 Å². The highest BCUT2D eigenvalue weighted by Crippen LogP contribution is 2.29. The van der Waals surface area contributed by atoms with E-state index in [9.17, 15) is 18.0 Å². The van der Waals surface area contributed by atoms with Crippen molar-refractivity contribution < 1.29 is 27.9 Å². The van der Waals surface area contributed by atoms with Crippen molar-refractivity contribution in [3.8, 4) is 0 Å². The zero-order valence-electron chi connectivity index (χ0n) is 11.8. The summed E-state index contributed by atoms with van der Waals surface area (Å²) in [5.74, 6) is -1.30. The minimum atomic E-state index is -4.28. The van der Waals surface area contributed by atoms with Gasteiger partial charge in [0.25, 0.3) is 0 Å². The van der Waals surface area contributed by atoms with Crippen molar-refractivity contribution in [1.29, 1.82) is 0 Å². The van der Waals surface area contributed by atoms with Crippen LogP contribution < -0.4 is 9.03 Å². The van der Waals surface area contributed by atoms with E-state index in [2.05, 4.69) is 9.11 Å². The molecule has 9 nitrogen and oxygen atoms in total. The van der Waals surface area contributed by atoms with Gasteiger partial charge in [0, 0.05) is 7.05 Å². The molecular weight excluding hydrogens is 322 g/mol. The van der Waals surface area contributed by atoms with E-state index in [-0.39, 0.29) is 16.3 Å². The van der Waals surface area contributed by atoms with Crippen LogP contribution in [0.2, 0.25) is 0 Å². The third-order valence-electron chi connectivity index (χ3n) is 2.26. The van der Waals surface area contributed by atoms with Crippen molar-refractivity contribution in [3.63, 3.8) is 0 Å². The Morgan fingerprint density at radius 3 is 2.48 bits per heavy atom. The first-order valence-corrected chi connectivity index (χ1v) is 7.94. The molecule has 0 unspecified atom stereocenters. The molecule has 1 aromatic heterocycles. The standard InChI is InChI=1S/C10H15N3O6S2/c1-5(2)19-10(16)12-21(17,18)13(4)8-7(9(14)15)6(3)11-20-8/h5H,1-4H3,(H,12,16)(H,14,15). The molecule has 0 radical (unpaired) electrons. The van der Waals surface area contributed by atoms with Crippen LogP contribution in [0.1, 0.15) is 29.9 Å². The van der Waals surface area contributed by atoms with E-state index in [1.54, 1.807) is 18.6 Å². The van der Waals surface area contributed by atoms with Crippen LogP contribution in [0.3, 0.4) is 0 Å². The number of anilines is 1. The Morgan fingerprint density at radius 1 is 1.43 bits per heavy atom. The number of nitrogens with zero attached hydrogens (tertiary/aromatic N) is 2. The van der Waals surface area contributed by atoms with Crippen LogP contribution >= 0.6 is 11.5 Å². The second kappa shape index (κ2) is 6.26. The van der Waals surface area contributed by atoms with Crippen LogP contribution in [0.5, 0.6) is 0 Å². The Hall–Kier alpha value is -1.88. The van der Waals surface area contributed by atoms with Gasteiger partial charge in [-0.2, -0.15) is 12.8 Å². The molecule has 0 atom stereocenters. The molecule has 0 aromatic carbocycles. The molecule has 1 heterocycles. The number of aromatic nitrogens is 1. The van der Waals surface area contributed by atoms with Gasteiger partial charge in [-0.15, -0.1) is 0 Å². The molecule has 0 spiro atoms. The zero-order valence-corrected chi connectivity index (χ0v) is 13.4. The quantitative estimate of drug-likeness (QED) is 0.819. The molecule has 1 aromatic rings. The normalized spacial score (nSPS) is 11.3. The molecule has 0 saturated heterocycles.